The molecular weight excluding hydrogens is 362 g/mol. The Morgan fingerprint density at radius 3 is 2.58 bits per heavy atom. The summed E-state index contributed by atoms with van der Waals surface area (Å²) >= 11 is 6.86. The van der Waals surface area contributed by atoms with E-state index in [-0.39, 0.29) is 5.91 Å². The third-order valence-corrected chi connectivity index (χ3v) is 5.13. The summed E-state index contributed by atoms with van der Waals surface area (Å²) in [5.74, 6) is 0.261. The van der Waals surface area contributed by atoms with Crippen LogP contribution in [0, 0.1) is 5.92 Å². The molecule has 1 aromatic heterocycles. The number of amides is 1. The summed E-state index contributed by atoms with van der Waals surface area (Å²) < 4.78 is 1.19. The summed E-state index contributed by atoms with van der Waals surface area (Å²) in [5, 5.41) is 7.16. The third kappa shape index (κ3) is 4.86. The number of aromatic nitrogens is 1. The van der Waals surface area contributed by atoms with E-state index >= 15 is 0 Å². The smallest absolute Gasteiger partial charge is 0.226 e. The first-order valence-electron chi connectivity index (χ1n) is 8.54. The number of nitrogens with zero attached hydrogens (tertiary/aromatic N) is 1. The third-order valence-electron chi connectivity index (χ3n) is 3.79. The number of nitrogens with one attached hydrogen (secondary N) is 2. The van der Waals surface area contributed by atoms with Gasteiger partial charge in [-0.15, -0.1) is 11.3 Å². The fraction of sp³-hybridized carbons (Fsp3) is 0.250. The van der Waals surface area contributed by atoms with Gasteiger partial charge in [0, 0.05) is 18.5 Å². The second-order valence-corrected chi connectivity index (χ2v) is 7.95. The van der Waals surface area contributed by atoms with Crippen molar-refractivity contribution >= 4 is 44.8 Å². The number of carbonyl (C=O) groups excluding carboxylic acids is 1. The van der Waals surface area contributed by atoms with Crippen LogP contribution in [-0.4, -0.2) is 16.0 Å². The molecule has 0 radical (unpaired) electrons. The maximum atomic E-state index is 11.7. The van der Waals surface area contributed by atoms with Crippen LogP contribution in [0.4, 0.5) is 0 Å². The Labute approximate surface area is 162 Å². The molecule has 2 N–H and O–H groups in total. The molecule has 0 unspecified atom stereocenters. The predicted molar refractivity (Wildman–Crippen MR) is 112 cm³/mol. The first-order valence-corrected chi connectivity index (χ1v) is 9.76. The number of hydrogen-bond donors (Lipinski definition) is 2. The van der Waals surface area contributed by atoms with Gasteiger partial charge in [-0.2, -0.15) is 0 Å². The number of thiazole rings is 1. The lowest BCUT2D eigenvalue weighted by atomic mass is 10.1. The summed E-state index contributed by atoms with van der Waals surface area (Å²) in [6.07, 6.45) is 0.471. The standard InChI is InChI=1S/C20H21N3OS2/c1-13(2)11-18(24)23-20(25)21-12-14-7-9-15(10-8-14)19-22-16-5-3-4-6-17(16)26-19/h3-10,13H,11-12H2,1-2H3,(H2,21,23,24,25). The molecule has 0 aliphatic heterocycles. The van der Waals surface area contributed by atoms with E-state index in [9.17, 15) is 4.79 Å². The summed E-state index contributed by atoms with van der Waals surface area (Å²) in [5.41, 5.74) is 3.22. The van der Waals surface area contributed by atoms with E-state index in [1.807, 2.05) is 44.2 Å². The first-order chi connectivity index (χ1) is 12.5. The van der Waals surface area contributed by atoms with Crippen LogP contribution in [0.15, 0.2) is 48.5 Å². The molecule has 0 atom stereocenters. The summed E-state index contributed by atoms with van der Waals surface area (Å²) in [7, 11) is 0. The van der Waals surface area contributed by atoms with Gasteiger partial charge >= 0.3 is 0 Å². The van der Waals surface area contributed by atoms with Crippen molar-refractivity contribution in [2.75, 3.05) is 0 Å². The molecule has 1 heterocycles. The molecule has 0 spiro atoms. The summed E-state index contributed by atoms with van der Waals surface area (Å²) in [6, 6.07) is 16.4. The van der Waals surface area contributed by atoms with Crippen molar-refractivity contribution in [3.63, 3.8) is 0 Å². The molecule has 4 nitrogen and oxygen atoms in total. The van der Waals surface area contributed by atoms with Crippen molar-refractivity contribution in [1.82, 2.24) is 15.6 Å². The number of carbonyl (C=O) groups is 1. The quantitative estimate of drug-likeness (QED) is 0.637. The Hall–Kier alpha value is -2.31. The molecule has 26 heavy (non-hydrogen) atoms. The van der Waals surface area contributed by atoms with E-state index in [4.69, 9.17) is 12.2 Å². The van der Waals surface area contributed by atoms with Crippen molar-refractivity contribution in [2.45, 2.75) is 26.8 Å². The van der Waals surface area contributed by atoms with E-state index in [0.717, 1.165) is 21.7 Å². The molecule has 3 aromatic rings. The molecule has 6 heteroatoms. The summed E-state index contributed by atoms with van der Waals surface area (Å²) in [6.45, 7) is 4.58. The van der Waals surface area contributed by atoms with E-state index < -0.39 is 0 Å². The van der Waals surface area contributed by atoms with Gasteiger partial charge < -0.3 is 10.6 Å². The number of thiocarbonyl (C=S) groups is 1. The molecule has 0 saturated carbocycles. The van der Waals surface area contributed by atoms with Gasteiger partial charge in [0.2, 0.25) is 5.91 Å². The highest BCUT2D eigenvalue weighted by Crippen LogP contribution is 2.29. The van der Waals surface area contributed by atoms with Crippen LogP contribution in [0.1, 0.15) is 25.8 Å². The van der Waals surface area contributed by atoms with E-state index in [1.54, 1.807) is 11.3 Å². The van der Waals surface area contributed by atoms with E-state index in [1.165, 1.54) is 4.70 Å². The van der Waals surface area contributed by atoms with Crippen molar-refractivity contribution in [3.8, 4) is 10.6 Å². The van der Waals surface area contributed by atoms with Crippen LogP contribution in [0.5, 0.6) is 0 Å². The van der Waals surface area contributed by atoms with Crippen LogP contribution in [0.3, 0.4) is 0 Å². The topological polar surface area (TPSA) is 54.0 Å². The lowest BCUT2D eigenvalue weighted by molar-refractivity contribution is -0.120. The lowest BCUT2D eigenvalue weighted by Gasteiger charge is -2.10. The van der Waals surface area contributed by atoms with Crippen molar-refractivity contribution in [2.24, 2.45) is 5.92 Å². The number of rotatable bonds is 5. The molecule has 0 saturated heterocycles. The Balaban J connectivity index is 1.57. The molecule has 134 valence electrons. The average Bonchev–Trinajstić information content (AvgIpc) is 3.03. The van der Waals surface area contributed by atoms with Gasteiger partial charge in [-0.1, -0.05) is 50.2 Å². The molecule has 3 rings (SSSR count). The molecule has 0 bridgehead atoms. The first kappa shape index (κ1) is 18.5. The second kappa shape index (κ2) is 8.38. The van der Waals surface area contributed by atoms with Gasteiger partial charge in [-0.3, -0.25) is 4.79 Å². The maximum Gasteiger partial charge on any atom is 0.226 e. The van der Waals surface area contributed by atoms with Crippen LogP contribution in [0.25, 0.3) is 20.8 Å². The van der Waals surface area contributed by atoms with Crippen LogP contribution >= 0.6 is 23.6 Å². The second-order valence-electron chi connectivity index (χ2n) is 6.51. The fourth-order valence-electron chi connectivity index (χ4n) is 2.54. The normalized spacial score (nSPS) is 10.9. The van der Waals surface area contributed by atoms with Gasteiger partial charge in [0.25, 0.3) is 0 Å². The van der Waals surface area contributed by atoms with Gasteiger partial charge in [0.05, 0.1) is 10.2 Å². The molecule has 0 fully saturated rings. The highest BCUT2D eigenvalue weighted by atomic mass is 32.1. The fourth-order valence-corrected chi connectivity index (χ4v) is 3.69. The number of fused-ring (bicyclic) bond motifs is 1. The minimum Gasteiger partial charge on any atom is -0.358 e. The largest absolute Gasteiger partial charge is 0.358 e. The van der Waals surface area contributed by atoms with E-state index in [0.29, 0.717) is 24.0 Å². The highest BCUT2D eigenvalue weighted by molar-refractivity contribution is 7.80. The van der Waals surface area contributed by atoms with Crippen molar-refractivity contribution in [3.05, 3.63) is 54.1 Å². The van der Waals surface area contributed by atoms with Crippen LogP contribution < -0.4 is 10.6 Å². The molecular formula is C20H21N3OS2. The van der Waals surface area contributed by atoms with Gasteiger partial charge in [-0.05, 0) is 35.8 Å². The molecule has 2 aromatic carbocycles. The minimum atomic E-state index is -0.0521. The average molecular weight is 384 g/mol. The number of hydrogen-bond acceptors (Lipinski definition) is 4. The Morgan fingerprint density at radius 1 is 1.15 bits per heavy atom. The zero-order valence-corrected chi connectivity index (χ0v) is 16.4. The Morgan fingerprint density at radius 2 is 1.88 bits per heavy atom. The summed E-state index contributed by atoms with van der Waals surface area (Å²) in [4.78, 5) is 16.4. The van der Waals surface area contributed by atoms with Crippen LogP contribution in [-0.2, 0) is 11.3 Å². The zero-order valence-electron chi connectivity index (χ0n) is 14.8. The Bertz CT molecular complexity index is 883. The number of benzene rings is 2. The van der Waals surface area contributed by atoms with Gasteiger partial charge in [0.15, 0.2) is 5.11 Å². The maximum absolute atomic E-state index is 11.7. The van der Waals surface area contributed by atoms with Crippen LogP contribution in [0.2, 0.25) is 0 Å². The molecule has 1 amide bonds. The van der Waals surface area contributed by atoms with Crippen molar-refractivity contribution in [1.29, 1.82) is 0 Å². The SMILES string of the molecule is CC(C)CC(=O)NC(=S)NCc1ccc(-c2nc3ccccc3s2)cc1. The Kier molecular flexibility index (Phi) is 5.96. The molecule has 0 aliphatic rings. The van der Waals surface area contributed by atoms with Gasteiger partial charge in [0.1, 0.15) is 5.01 Å². The van der Waals surface area contributed by atoms with Crippen molar-refractivity contribution < 1.29 is 4.79 Å². The highest BCUT2D eigenvalue weighted by Gasteiger charge is 2.08. The van der Waals surface area contributed by atoms with E-state index in [2.05, 4.69) is 33.8 Å². The zero-order chi connectivity index (χ0) is 18.5. The molecule has 0 aliphatic carbocycles. The lowest BCUT2D eigenvalue weighted by Crippen LogP contribution is -2.39. The number of para-hydroxylation sites is 1. The minimum absolute atomic E-state index is 0.0521. The predicted octanol–water partition coefficient (Wildman–Crippen LogP) is 4.50. The van der Waals surface area contributed by atoms with Gasteiger partial charge in [-0.25, -0.2) is 4.98 Å². The monoisotopic (exact) mass is 383 g/mol.